The number of anilines is 1. The number of phenols is 1. The lowest BCUT2D eigenvalue weighted by Crippen LogP contribution is -2.13. The van der Waals surface area contributed by atoms with E-state index in [1.807, 2.05) is 0 Å². The second-order valence-corrected chi connectivity index (χ2v) is 3.93. The molecule has 0 heterocycles. The Morgan fingerprint density at radius 3 is 2.63 bits per heavy atom. The number of benzene rings is 2. The van der Waals surface area contributed by atoms with Crippen LogP contribution in [0.2, 0.25) is 0 Å². The van der Waals surface area contributed by atoms with Crippen LogP contribution in [-0.4, -0.2) is 16.1 Å². The topological polar surface area (TPSA) is 69.6 Å². The van der Waals surface area contributed by atoms with Crippen molar-refractivity contribution in [3.63, 3.8) is 0 Å². The van der Waals surface area contributed by atoms with Crippen LogP contribution >= 0.6 is 0 Å². The van der Waals surface area contributed by atoms with Gasteiger partial charge < -0.3 is 15.5 Å². The van der Waals surface area contributed by atoms with Crippen molar-refractivity contribution in [1.82, 2.24) is 0 Å². The fraction of sp³-hybridized carbons (Fsp3) is 0.0714. The summed E-state index contributed by atoms with van der Waals surface area (Å²) in [5.41, 5.74) is 0.963. The van der Waals surface area contributed by atoms with Crippen molar-refractivity contribution in [2.75, 3.05) is 5.32 Å². The molecule has 0 unspecified atom stereocenters. The molecule has 3 N–H and O–H groups in total. The van der Waals surface area contributed by atoms with E-state index in [4.69, 9.17) is 5.11 Å². The molecule has 0 saturated heterocycles. The number of aliphatic hydroxyl groups is 1. The van der Waals surface area contributed by atoms with E-state index in [-0.39, 0.29) is 12.2 Å². The summed E-state index contributed by atoms with van der Waals surface area (Å²) in [5.74, 6) is -1.62. The van der Waals surface area contributed by atoms with Crippen molar-refractivity contribution < 1.29 is 19.4 Å². The van der Waals surface area contributed by atoms with Gasteiger partial charge in [0, 0.05) is 17.3 Å². The minimum Gasteiger partial charge on any atom is -0.507 e. The molecule has 0 radical (unpaired) electrons. The lowest BCUT2D eigenvalue weighted by atomic mass is 10.1. The zero-order chi connectivity index (χ0) is 13.8. The van der Waals surface area contributed by atoms with Crippen LogP contribution in [0, 0.1) is 5.82 Å². The number of nitrogens with one attached hydrogen (secondary N) is 1. The van der Waals surface area contributed by atoms with Gasteiger partial charge in [-0.1, -0.05) is 18.2 Å². The average Bonchev–Trinajstić information content (AvgIpc) is 2.39. The van der Waals surface area contributed by atoms with Crippen LogP contribution in [0.5, 0.6) is 5.75 Å². The van der Waals surface area contributed by atoms with Gasteiger partial charge >= 0.3 is 0 Å². The summed E-state index contributed by atoms with van der Waals surface area (Å²) in [7, 11) is 0. The molecule has 19 heavy (non-hydrogen) atoms. The minimum absolute atomic E-state index is 0.0332. The smallest absolute Gasteiger partial charge is 0.259 e. The number of halogens is 1. The van der Waals surface area contributed by atoms with Gasteiger partial charge in [0.05, 0.1) is 12.2 Å². The minimum atomic E-state index is -0.621. The number of amides is 1. The summed E-state index contributed by atoms with van der Waals surface area (Å²) in [5, 5.41) is 21.2. The van der Waals surface area contributed by atoms with E-state index in [1.54, 1.807) is 24.3 Å². The third kappa shape index (κ3) is 2.89. The molecule has 0 atom stereocenters. The Balaban J connectivity index is 2.26. The van der Waals surface area contributed by atoms with E-state index in [1.165, 1.54) is 6.07 Å². The number of hydrogen-bond acceptors (Lipinski definition) is 3. The third-order valence-electron chi connectivity index (χ3n) is 2.64. The van der Waals surface area contributed by atoms with Crippen molar-refractivity contribution in [2.24, 2.45) is 0 Å². The zero-order valence-corrected chi connectivity index (χ0v) is 9.93. The Hall–Kier alpha value is -2.40. The van der Waals surface area contributed by atoms with E-state index in [0.29, 0.717) is 11.3 Å². The Kier molecular flexibility index (Phi) is 3.77. The van der Waals surface area contributed by atoms with Crippen molar-refractivity contribution in [2.45, 2.75) is 6.61 Å². The van der Waals surface area contributed by atoms with E-state index in [9.17, 15) is 14.3 Å². The van der Waals surface area contributed by atoms with E-state index in [0.717, 1.165) is 12.1 Å². The van der Waals surface area contributed by atoms with Crippen LogP contribution in [0.4, 0.5) is 10.1 Å². The first kappa shape index (κ1) is 13.0. The highest BCUT2D eigenvalue weighted by Crippen LogP contribution is 2.21. The van der Waals surface area contributed by atoms with Gasteiger partial charge in [-0.2, -0.15) is 0 Å². The lowest BCUT2D eigenvalue weighted by molar-refractivity contribution is 0.102. The molecule has 0 aliphatic carbocycles. The summed E-state index contributed by atoms with van der Waals surface area (Å²) in [6.45, 7) is -0.216. The SMILES string of the molecule is O=C(Nc1ccccc1CO)c1ccc(F)cc1O. The van der Waals surface area contributed by atoms with Gasteiger partial charge in [0.1, 0.15) is 11.6 Å². The molecule has 0 fully saturated rings. The number of carbonyl (C=O) groups excluding carboxylic acids is 1. The number of rotatable bonds is 3. The molecule has 0 aliphatic rings. The Morgan fingerprint density at radius 1 is 1.21 bits per heavy atom. The predicted octanol–water partition coefficient (Wildman–Crippen LogP) is 2.28. The maximum atomic E-state index is 12.8. The number of carbonyl (C=O) groups is 1. The molecular weight excluding hydrogens is 249 g/mol. The fourth-order valence-electron chi connectivity index (χ4n) is 1.67. The van der Waals surface area contributed by atoms with Gasteiger partial charge in [-0.25, -0.2) is 4.39 Å². The molecule has 0 spiro atoms. The summed E-state index contributed by atoms with van der Waals surface area (Å²) >= 11 is 0. The summed E-state index contributed by atoms with van der Waals surface area (Å²) in [6, 6.07) is 9.89. The molecule has 2 rings (SSSR count). The molecule has 5 heteroatoms. The average molecular weight is 261 g/mol. The summed E-state index contributed by atoms with van der Waals surface area (Å²) in [6.07, 6.45) is 0. The van der Waals surface area contributed by atoms with E-state index in [2.05, 4.69) is 5.32 Å². The van der Waals surface area contributed by atoms with Gasteiger partial charge in [-0.3, -0.25) is 4.79 Å². The summed E-state index contributed by atoms with van der Waals surface area (Å²) in [4.78, 5) is 11.9. The maximum Gasteiger partial charge on any atom is 0.259 e. The standard InChI is InChI=1S/C14H12FNO3/c15-10-5-6-11(13(18)7-10)14(19)16-12-4-2-1-3-9(12)8-17/h1-7,17-18H,8H2,(H,16,19). The number of aliphatic hydroxyl groups excluding tert-OH is 1. The van der Waals surface area contributed by atoms with Crippen LogP contribution in [-0.2, 0) is 6.61 Å². The summed E-state index contributed by atoms with van der Waals surface area (Å²) < 4.78 is 12.8. The normalized spacial score (nSPS) is 10.2. The van der Waals surface area contributed by atoms with Crippen molar-refractivity contribution in [3.8, 4) is 5.75 Å². The number of para-hydroxylation sites is 1. The van der Waals surface area contributed by atoms with Crippen LogP contribution in [0.25, 0.3) is 0 Å². The Labute approximate surface area is 109 Å². The van der Waals surface area contributed by atoms with Crippen LogP contribution in [0.1, 0.15) is 15.9 Å². The van der Waals surface area contributed by atoms with Crippen LogP contribution in [0.15, 0.2) is 42.5 Å². The van der Waals surface area contributed by atoms with Gasteiger partial charge in [0.15, 0.2) is 0 Å². The zero-order valence-electron chi connectivity index (χ0n) is 9.93. The highest BCUT2D eigenvalue weighted by atomic mass is 19.1. The number of phenolic OH excluding ortho intramolecular Hbond substituents is 1. The predicted molar refractivity (Wildman–Crippen MR) is 68.4 cm³/mol. The quantitative estimate of drug-likeness (QED) is 0.793. The Bertz CT molecular complexity index is 613. The van der Waals surface area contributed by atoms with Crippen LogP contribution < -0.4 is 5.32 Å². The monoisotopic (exact) mass is 261 g/mol. The molecule has 1 amide bonds. The number of hydrogen-bond donors (Lipinski definition) is 3. The second-order valence-electron chi connectivity index (χ2n) is 3.93. The highest BCUT2D eigenvalue weighted by Gasteiger charge is 2.13. The molecule has 0 aliphatic heterocycles. The Morgan fingerprint density at radius 2 is 1.95 bits per heavy atom. The number of aromatic hydroxyl groups is 1. The molecule has 4 nitrogen and oxygen atoms in total. The first-order chi connectivity index (χ1) is 9.11. The molecule has 0 bridgehead atoms. The largest absolute Gasteiger partial charge is 0.507 e. The van der Waals surface area contributed by atoms with Crippen molar-refractivity contribution >= 4 is 11.6 Å². The van der Waals surface area contributed by atoms with Gasteiger partial charge in [-0.15, -0.1) is 0 Å². The maximum absolute atomic E-state index is 12.8. The van der Waals surface area contributed by atoms with Crippen molar-refractivity contribution in [3.05, 3.63) is 59.4 Å². The molecule has 0 saturated carbocycles. The first-order valence-electron chi connectivity index (χ1n) is 5.60. The van der Waals surface area contributed by atoms with Crippen molar-refractivity contribution in [1.29, 1.82) is 0 Å². The molecular formula is C14H12FNO3. The van der Waals surface area contributed by atoms with Gasteiger partial charge in [0.2, 0.25) is 0 Å². The lowest BCUT2D eigenvalue weighted by Gasteiger charge is -2.10. The molecule has 98 valence electrons. The highest BCUT2D eigenvalue weighted by molar-refractivity contribution is 6.06. The third-order valence-corrected chi connectivity index (χ3v) is 2.64. The first-order valence-corrected chi connectivity index (χ1v) is 5.60. The molecule has 0 aromatic heterocycles. The fourth-order valence-corrected chi connectivity index (χ4v) is 1.67. The second kappa shape index (κ2) is 5.49. The van der Waals surface area contributed by atoms with Gasteiger partial charge in [-0.05, 0) is 18.2 Å². The van der Waals surface area contributed by atoms with Gasteiger partial charge in [0.25, 0.3) is 5.91 Å². The molecule has 2 aromatic carbocycles. The molecule has 2 aromatic rings. The van der Waals surface area contributed by atoms with E-state index < -0.39 is 17.5 Å². The van der Waals surface area contributed by atoms with E-state index >= 15 is 0 Å². The van der Waals surface area contributed by atoms with Crippen LogP contribution in [0.3, 0.4) is 0 Å².